The second kappa shape index (κ2) is 5.62. The number of primary amides is 1. The number of aromatic amines is 1. The second-order valence-corrected chi connectivity index (χ2v) is 6.44. The highest BCUT2D eigenvalue weighted by molar-refractivity contribution is 6.07. The lowest BCUT2D eigenvalue weighted by Gasteiger charge is -2.13. The Morgan fingerprint density at radius 1 is 1.31 bits per heavy atom. The van der Waals surface area contributed by atoms with Crippen LogP contribution in [0.15, 0.2) is 24.7 Å². The zero-order valence-electron chi connectivity index (χ0n) is 13.8. The van der Waals surface area contributed by atoms with E-state index in [2.05, 4.69) is 15.0 Å². The first-order valence-corrected chi connectivity index (χ1v) is 8.40. The summed E-state index contributed by atoms with van der Waals surface area (Å²) in [7, 11) is 0. The highest BCUT2D eigenvalue weighted by atomic mass is 16.7. The largest absolute Gasteiger partial charge is 0.492 e. The molecule has 0 unspecified atom stereocenters. The summed E-state index contributed by atoms with van der Waals surface area (Å²) in [5.74, 6) is 1.92. The quantitative estimate of drug-likeness (QED) is 0.728. The van der Waals surface area contributed by atoms with Gasteiger partial charge in [-0.2, -0.15) is 0 Å². The van der Waals surface area contributed by atoms with Gasteiger partial charge in [0.25, 0.3) is 5.91 Å². The maximum absolute atomic E-state index is 11.6. The molecule has 3 heterocycles. The van der Waals surface area contributed by atoms with Crippen LogP contribution in [0.1, 0.15) is 23.2 Å². The molecule has 1 amide bonds. The number of benzene rings is 1. The highest BCUT2D eigenvalue weighted by Gasteiger charge is 2.28. The van der Waals surface area contributed by atoms with Crippen LogP contribution in [0.2, 0.25) is 0 Å². The van der Waals surface area contributed by atoms with Crippen molar-refractivity contribution in [2.75, 3.05) is 13.4 Å². The Morgan fingerprint density at radius 2 is 2.19 bits per heavy atom. The van der Waals surface area contributed by atoms with Crippen LogP contribution >= 0.6 is 0 Å². The number of ether oxygens (including phenoxy) is 3. The third-order valence-electron chi connectivity index (χ3n) is 4.64. The Hall–Kier alpha value is -3.29. The van der Waals surface area contributed by atoms with Crippen molar-refractivity contribution in [1.29, 1.82) is 0 Å². The smallest absolute Gasteiger partial charge is 0.252 e. The fourth-order valence-corrected chi connectivity index (χ4v) is 3.11. The average Bonchev–Trinajstić information content (AvgIpc) is 3.17. The fraction of sp³-hybridized carbons (Fsp3) is 0.278. The molecule has 0 radical (unpaired) electrons. The van der Waals surface area contributed by atoms with Crippen LogP contribution in [0.3, 0.4) is 0 Å². The van der Waals surface area contributed by atoms with Gasteiger partial charge in [-0.1, -0.05) is 0 Å². The number of aromatic nitrogens is 3. The molecule has 8 heteroatoms. The van der Waals surface area contributed by atoms with E-state index in [1.807, 2.05) is 12.1 Å². The molecule has 0 bridgehead atoms. The lowest BCUT2D eigenvalue weighted by Crippen LogP contribution is -2.10. The van der Waals surface area contributed by atoms with Crippen LogP contribution in [0.5, 0.6) is 17.2 Å². The van der Waals surface area contributed by atoms with Crippen LogP contribution in [-0.4, -0.2) is 34.3 Å². The second-order valence-electron chi connectivity index (χ2n) is 6.44. The van der Waals surface area contributed by atoms with Crippen LogP contribution in [0.4, 0.5) is 0 Å². The summed E-state index contributed by atoms with van der Waals surface area (Å²) in [5, 5.41) is 0. The molecular formula is C18H16N4O4. The van der Waals surface area contributed by atoms with Gasteiger partial charge in [0.1, 0.15) is 23.3 Å². The van der Waals surface area contributed by atoms with E-state index in [9.17, 15) is 4.79 Å². The maximum Gasteiger partial charge on any atom is 0.252 e. The summed E-state index contributed by atoms with van der Waals surface area (Å²) in [6.07, 6.45) is 5.32. The lowest BCUT2D eigenvalue weighted by molar-refractivity contribution is 0.100. The zero-order valence-corrected chi connectivity index (χ0v) is 13.8. The minimum Gasteiger partial charge on any atom is -0.492 e. The molecule has 3 N–H and O–H groups in total. The molecule has 8 nitrogen and oxygen atoms in total. The number of nitrogens with zero attached hydrogens (tertiary/aromatic N) is 2. The number of fused-ring (bicyclic) bond motifs is 2. The monoisotopic (exact) mass is 352 g/mol. The number of hydrogen-bond donors (Lipinski definition) is 2. The van der Waals surface area contributed by atoms with Gasteiger partial charge < -0.3 is 24.9 Å². The molecule has 1 aliphatic carbocycles. The average molecular weight is 352 g/mol. The first kappa shape index (κ1) is 15.0. The predicted molar refractivity (Wildman–Crippen MR) is 92.2 cm³/mol. The number of H-pyrrole nitrogens is 1. The van der Waals surface area contributed by atoms with Gasteiger partial charge in [0.2, 0.25) is 6.79 Å². The number of carbonyl (C=O) groups is 1. The van der Waals surface area contributed by atoms with E-state index in [4.69, 9.17) is 19.9 Å². The van der Waals surface area contributed by atoms with E-state index in [-0.39, 0.29) is 6.79 Å². The summed E-state index contributed by atoms with van der Waals surface area (Å²) in [6.45, 7) is 0.790. The van der Waals surface area contributed by atoms with Crippen molar-refractivity contribution < 1.29 is 19.0 Å². The SMILES string of the molecule is NC(=O)c1c[nH]c2c(-c3c(OCC4CC4)ccc4c3OCO4)ncnc12. The molecule has 0 saturated heterocycles. The Morgan fingerprint density at radius 3 is 3.00 bits per heavy atom. The van der Waals surface area contributed by atoms with Crippen LogP contribution in [-0.2, 0) is 0 Å². The van der Waals surface area contributed by atoms with Crippen LogP contribution < -0.4 is 19.9 Å². The molecule has 3 aromatic rings. The standard InChI is InChI=1S/C18H16N4O4/c19-18(23)10-5-20-16-14(10)21-7-22-15(16)13-11(24-6-9-1-2-9)3-4-12-17(13)26-8-25-12/h3-5,7,9,20H,1-2,6,8H2,(H2,19,23). The fourth-order valence-electron chi connectivity index (χ4n) is 3.11. The molecule has 132 valence electrons. The third kappa shape index (κ3) is 2.33. The van der Waals surface area contributed by atoms with Gasteiger partial charge in [-0.05, 0) is 30.9 Å². The van der Waals surface area contributed by atoms with Gasteiger partial charge in [0.05, 0.1) is 23.3 Å². The van der Waals surface area contributed by atoms with Crippen molar-refractivity contribution >= 4 is 16.9 Å². The van der Waals surface area contributed by atoms with Gasteiger partial charge in [-0.3, -0.25) is 4.79 Å². The van der Waals surface area contributed by atoms with Gasteiger partial charge in [0, 0.05) is 6.20 Å². The molecule has 26 heavy (non-hydrogen) atoms. The van der Waals surface area contributed by atoms with Crippen molar-refractivity contribution in [3.05, 3.63) is 30.2 Å². The molecule has 0 spiro atoms. The summed E-state index contributed by atoms with van der Waals surface area (Å²) < 4.78 is 17.2. The van der Waals surface area contributed by atoms with Crippen molar-refractivity contribution in [2.24, 2.45) is 11.7 Å². The van der Waals surface area contributed by atoms with Gasteiger partial charge in [0.15, 0.2) is 11.5 Å². The van der Waals surface area contributed by atoms with Crippen molar-refractivity contribution in [1.82, 2.24) is 15.0 Å². The molecule has 1 aliphatic heterocycles. The van der Waals surface area contributed by atoms with Crippen molar-refractivity contribution in [3.8, 4) is 28.5 Å². The molecule has 5 rings (SSSR count). The summed E-state index contributed by atoms with van der Waals surface area (Å²) in [5.41, 5.74) is 8.07. The Balaban J connectivity index is 1.70. The number of carbonyl (C=O) groups excluding carboxylic acids is 1. The topological polar surface area (TPSA) is 112 Å². The Labute approximate surface area is 148 Å². The van der Waals surface area contributed by atoms with Crippen molar-refractivity contribution in [2.45, 2.75) is 12.8 Å². The van der Waals surface area contributed by atoms with E-state index < -0.39 is 5.91 Å². The number of nitrogens with two attached hydrogens (primary N) is 1. The summed E-state index contributed by atoms with van der Waals surface area (Å²) >= 11 is 0. The number of hydrogen-bond acceptors (Lipinski definition) is 6. The number of nitrogens with one attached hydrogen (secondary N) is 1. The predicted octanol–water partition coefficient (Wildman–Crippen LogP) is 2.24. The summed E-state index contributed by atoms with van der Waals surface area (Å²) in [4.78, 5) is 23.3. The Kier molecular flexibility index (Phi) is 3.24. The molecule has 1 fully saturated rings. The molecule has 2 aromatic heterocycles. The van der Waals surface area contributed by atoms with E-state index in [1.54, 1.807) is 0 Å². The normalized spacial score (nSPS) is 15.4. The van der Waals surface area contributed by atoms with Crippen LogP contribution in [0, 0.1) is 5.92 Å². The van der Waals surface area contributed by atoms with E-state index >= 15 is 0 Å². The molecule has 1 saturated carbocycles. The van der Waals surface area contributed by atoms with E-state index in [0.717, 1.165) is 0 Å². The van der Waals surface area contributed by atoms with E-state index in [0.29, 0.717) is 57.6 Å². The van der Waals surface area contributed by atoms with Crippen LogP contribution in [0.25, 0.3) is 22.3 Å². The third-order valence-corrected chi connectivity index (χ3v) is 4.64. The molecular weight excluding hydrogens is 336 g/mol. The van der Waals surface area contributed by atoms with Gasteiger partial charge >= 0.3 is 0 Å². The minimum atomic E-state index is -0.552. The molecule has 0 atom stereocenters. The molecule has 1 aromatic carbocycles. The maximum atomic E-state index is 11.6. The van der Waals surface area contributed by atoms with Gasteiger partial charge in [-0.15, -0.1) is 0 Å². The highest BCUT2D eigenvalue weighted by Crippen LogP contribution is 2.48. The number of amides is 1. The number of rotatable bonds is 5. The molecule has 2 aliphatic rings. The van der Waals surface area contributed by atoms with Crippen molar-refractivity contribution in [3.63, 3.8) is 0 Å². The first-order chi connectivity index (χ1) is 12.7. The minimum absolute atomic E-state index is 0.139. The lowest BCUT2D eigenvalue weighted by atomic mass is 10.1. The van der Waals surface area contributed by atoms with E-state index in [1.165, 1.54) is 25.4 Å². The summed E-state index contributed by atoms with van der Waals surface area (Å²) in [6, 6.07) is 3.69. The van der Waals surface area contributed by atoms with Gasteiger partial charge in [-0.25, -0.2) is 9.97 Å². The Bertz CT molecular complexity index is 1030. The zero-order chi connectivity index (χ0) is 17.7. The first-order valence-electron chi connectivity index (χ1n) is 8.40.